The molecule has 0 aliphatic carbocycles. The molecule has 1 N–H and O–H groups in total. The normalized spacial score (nSPS) is 10.5. The molecule has 0 bridgehead atoms. The molecular weight excluding hydrogens is 288 g/mol. The molecule has 1 heterocycles. The van der Waals surface area contributed by atoms with Crippen LogP contribution >= 0.6 is 11.3 Å². The van der Waals surface area contributed by atoms with Crippen LogP contribution < -0.4 is 0 Å². The number of aromatic hydroxyl groups is 1. The van der Waals surface area contributed by atoms with Gasteiger partial charge in [-0.2, -0.15) is 0 Å². The van der Waals surface area contributed by atoms with Crippen LogP contribution in [0.3, 0.4) is 0 Å². The maximum absolute atomic E-state index is 8.63. The van der Waals surface area contributed by atoms with Crippen LogP contribution in [0.4, 0.5) is 0 Å². The Balaban J connectivity index is 0.000000174. The van der Waals surface area contributed by atoms with Gasteiger partial charge in [0.15, 0.2) is 0 Å². The highest BCUT2D eigenvalue weighted by molar-refractivity contribution is 7.26. The minimum absolute atomic E-state index is 0.322. The Morgan fingerprint density at radius 3 is 1.55 bits per heavy atom. The molecule has 1 nitrogen and oxygen atoms in total. The van der Waals surface area contributed by atoms with Crippen molar-refractivity contribution in [2.24, 2.45) is 0 Å². The Bertz CT molecular complexity index is 851. The summed E-state index contributed by atoms with van der Waals surface area (Å²) in [6.07, 6.45) is 0. The van der Waals surface area contributed by atoms with E-state index in [1.807, 2.05) is 17.4 Å². The molecule has 0 atom stereocenters. The van der Waals surface area contributed by atoms with Gasteiger partial charge < -0.3 is 5.11 Å². The van der Waals surface area contributed by atoms with Gasteiger partial charge >= 0.3 is 0 Å². The number of phenols is 1. The number of aryl methyl sites for hydroxylation is 2. The van der Waals surface area contributed by atoms with E-state index in [1.165, 1.54) is 31.3 Å². The van der Waals surface area contributed by atoms with E-state index in [0.717, 1.165) is 0 Å². The van der Waals surface area contributed by atoms with Crippen molar-refractivity contribution in [1.29, 1.82) is 0 Å². The number of rotatable bonds is 0. The quantitative estimate of drug-likeness (QED) is 0.418. The molecule has 2 heteroatoms. The van der Waals surface area contributed by atoms with Crippen molar-refractivity contribution in [3.63, 3.8) is 0 Å². The molecule has 3 aromatic carbocycles. The number of phenolic OH excluding ortho intramolecular Hbond substituents is 1. The summed E-state index contributed by atoms with van der Waals surface area (Å²) in [6, 6.07) is 21.8. The molecule has 0 unspecified atom stereocenters. The first-order chi connectivity index (χ1) is 10.7. The molecule has 4 rings (SSSR count). The molecule has 0 amide bonds. The average Bonchev–Trinajstić information content (AvgIpc) is 2.91. The first-order valence-electron chi connectivity index (χ1n) is 7.28. The van der Waals surface area contributed by atoms with Gasteiger partial charge in [-0.05, 0) is 37.1 Å². The van der Waals surface area contributed by atoms with Crippen molar-refractivity contribution >= 4 is 31.5 Å². The van der Waals surface area contributed by atoms with Gasteiger partial charge in [0.25, 0.3) is 0 Å². The molecular formula is C20H18OS. The summed E-state index contributed by atoms with van der Waals surface area (Å²) >= 11 is 1.91. The Morgan fingerprint density at radius 2 is 1.14 bits per heavy atom. The van der Waals surface area contributed by atoms with Crippen LogP contribution in [0, 0.1) is 13.8 Å². The molecule has 1 aromatic heterocycles. The van der Waals surface area contributed by atoms with Gasteiger partial charge in [-0.3, -0.25) is 0 Å². The predicted octanol–water partition coefficient (Wildman–Crippen LogP) is 6.06. The Kier molecular flexibility index (Phi) is 4.12. The zero-order valence-corrected chi connectivity index (χ0v) is 13.5. The van der Waals surface area contributed by atoms with Crippen LogP contribution in [0.15, 0.2) is 66.7 Å². The van der Waals surface area contributed by atoms with E-state index in [1.54, 1.807) is 24.3 Å². The zero-order valence-electron chi connectivity index (χ0n) is 12.7. The van der Waals surface area contributed by atoms with Gasteiger partial charge in [-0.15, -0.1) is 11.3 Å². The minimum Gasteiger partial charge on any atom is -0.508 e. The lowest BCUT2D eigenvalue weighted by Crippen LogP contribution is -1.71. The molecule has 0 fully saturated rings. The SMILES string of the molecule is Cc1cccc2c1sc1c(C)cccc12.Oc1ccccc1. The zero-order chi connectivity index (χ0) is 15.5. The standard InChI is InChI=1S/C14H12S.C6H6O/c1-9-5-3-7-11-12-8-4-6-10(2)14(12)15-13(9)11;7-6-4-2-1-3-5-6/h3-8H,1-2H3;1-5,7H. The highest BCUT2D eigenvalue weighted by Gasteiger charge is 2.07. The monoisotopic (exact) mass is 306 g/mol. The van der Waals surface area contributed by atoms with Crippen LogP contribution in [0.5, 0.6) is 5.75 Å². The number of hydrogen-bond donors (Lipinski definition) is 1. The summed E-state index contributed by atoms with van der Waals surface area (Å²) in [6.45, 7) is 4.38. The molecule has 0 radical (unpaired) electrons. The lowest BCUT2D eigenvalue weighted by molar-refractivity contribution is 0.475. The van der Waals surface area contributed by atoms with Gasteiger partial charge in [0.05, 0.1) is 0 Å². The van der Waals surface area contributed by atoms with Crippen molar-refractivity contribution in [1.82, 2.24) is 0 Å². The lowest BCUT2D eigenvalue weighted by Gasteiger charge is -1.94. The largest absolute Gasteiger partial charge is 0.508 e. The van der Waals surface area contributed by atoms with Crippen LogP contribution in [0.25, 0.3) is 20.2 Å². The smallest absolute Gasteiger partial charge is 0.115 e. The van der Waals surface area contributed by atoms with E-state index in [4.69, 9.17) is 5.11 Å². The fraction of sp³-hybridized carbons (Fsp3) is 0.100. The predicted molar refractivity (Wildman–Crippen MR) is 96.9 cm³/mol. The second-order valence-corrected chi connectivity index (χ2v) is 6.36. The average molecular weight is 306 g/mol. The fourth-order valence-electron chi connectivity index (χ4n) is 2.53. The number of para-hydroxylation sites is 1. The second kappa shape index (κ2) is 6.20. The highest BCUT2D eigenvalue weighted by Crippen LogP contribution is 2.36. The maximum Gasteiger partial charge on any atom is 0.115 e. The fourth-order valence-corrected chi connectivity index (χ4v) is 3.77. The molecule has 0 spiro atoms. The van der Waals surface area contributed by atoms with E-state index in [9.17, 15) is 0 Å². The third kappa shape index (κ3) is 2.83. The molecule has 0 saturated carbocycles. The van der Waals surface area contributed by atoms with E-state index >= 15 is 0 Å². The van der Waals surface area contributed by atoms with Crippen molar-refractivity contribution in [3.05, 3.63) is 77.9 Å². The van der Waals surface area contributed by atoms with Crippen molar-refractivity contribution in [2.45, 2.75) is 13.8 Å². The maximum atomic E-state index is 8.63. The Morgan fingerprint density at radius 1 is 0.636 bits per heavy atom. The summed E-state index contributed by atoms with van der Waals surface area (Å²) in [5, 5.41) is 11.4. The molecule has 110 valence electrons. The van der Waals surface area contributed by atoms with Crippen molar-refractivity contribution in [3.8, 4) is 5.75 Å². The Labute approximate surface area is 134 Å². The minimum atomic E-state index is 0.322. The van der Waals surface area contributed by atoms with Crippen LogP contribution in [-0.4, -0.2) is 5.11 Å². The summed E-state index contributed by atoms with van der Waals surface area (Å²) in [5.41, 5.74) is 2.77. The van der Waals surface area contributed by atoms with Gasteiger partial charge in [-0.25, -0.2) is 0 Å². The van der Waals surface area contributed by atoms with Gasteiger partial charge in [0.2, 0.25) is 0 Å². The third-order valence-electron chi connectivity index (χ3n) is 3.67. The highest BCUT2D eigenvalue weighted by atomic mass is 32.1. The number of hydrogen-bond acceptors (Lipinski definition) is 2. The van der Waals surface area contributed by atoms with E-state index in [0.29, 0.717) is 5.75 Å². The summed E-state index contributed by atoms with van der Waals surface area (Å²) in [4.78, 5) is 0. The summed E-state index contributed by atoms with van der Waals surface area (Å²) in [5.74, 6) is 0.322. The lowest BCUT2D eigenvalue weighted by atomic mass is 10.1. The van der Waals surface area contributed by atoms with Crippen LogP contribution in [-0.2, 0) is 0 Å². The molecule has 0 aliphatic rings. The first-order valence-corrected chi connectivity index (χ1v) is 8.10. The van der Waals surface area contributed by atoms with Gasteiger partial charge in [0, 0.05) is 20.2 Å². The number of thiophene rings is 1. The van der Waals surface area contributed by atoms with Crippen molar-refractivity contribution in [2.75, 3.05) is 0 Å². The topological polar surface area (TPSA) is 20.2 Å². The van der Waals surface area contributed by atoms with Crippen molar-refractivity contribution < 1.29 is 5.11 Å². The number of benzene rings is 3. The summed E-state index contributed by atoms with van der Waals surface area (Å²) in [7, 11) is 0. The van der Waals surface area contributed by atoms with Crippen LogP contribution in [0.2, 0.25) is 0 Å². The molecule has 0 saturated heterocycles. The Hall–Kier alpha value is -2.32. The third-order valence-corrected chi connectivity index (χ3v) is 5.17. The first kappa shape index (κ1) is 14.6. The molecule has 0 aliphatic heterocycles. The molecule has 22 heavy (non-hydrogen) atoms. The van der Waals surface area contributed by atoms with Gasteiger partial charge in [0.1, 0.15) is 5.75 Å². The second-order valence-electron chi connectivity index (χ2n) is 5.34. The van der Waals surface area contributed by atoms with E-state index < -0.39 is 0 Å². The van der Waals surface area contributed by atoms with Gasteiger partial charge in [-0.1, -0.05) is 54.6 Å². The number of fused-ring (bicyclic) bond motifs is 3. The summed E-state index contributed by atoms with van der Waals surface area (Å²) < 4.78 is 2.86. The van der Waals surface area contributed by atoms with Crippen LogP contribution in [0.1, 0.15) is 11.1 Å². The molecule has 4 aromatic rings. The van der Waals surface area contributed by atoms with E-state index in [2.05, 4.69) is 50.2 Å². The van der Waals surface area contributed by atoms with E-state index in [-0.39, 0.29) is 0 Å².